The number of carbonyl (C=O) groups excluding carboxylic acids is 1. The molecule has 4 aliphatic carbocycles. The molecular formula is C20H29N3O2. The quantitative estimate of drug-likeness (QED) is 0.694. The number of aliphatic hydroxyl groups is 1. The summed E-state index contributed by atoms with van der Waals surface area (Å²) in [5.41, 5.74) is 0.185. The Bertz CT molecular complexity index is 652. The van der Waals surface area contributed by atoms with Crippen LogP contribution in [-0.2, 0) is 4.79 Å². The van der Waals surface area contributed by atoms with Crippen molar-refractivity contribution in [2.75, 3.05) is 18.4 Å². The van der Waals surface area contributed by atoms with E-state index in [9.17, 15) is 9.90 Å². The lowest BCUT2D eigenvalue weighted by molar-refractivity contribution is -0.204. The summed E-state index contributed by atoms with van der Waals surface area (Å²) in [5.74, 6) is 0.668. The second kappa shape index (κ2) is 5.97. The van der Waals surface area contributed by atoms with Gasteiger partial charge in [0.25, 0.3) is 0 Å². The molecule has 1 heterocycles. The highest BCUT2D eigenvalue weighted by Crippen LogP contribution is 2.67. The summed E-state index contributed by atoms with van der Waals surface area (Å²) in [6.07, 6.45) is 10.1. The predicted octanol–water partition coefficient (Wildman–Crippen LogP) is 2.72. The maximum absolute atomic E-state index is 13.0. The zero-order valence-electron chi connectivity index (χ0n) is 15.1. The fraction of sp³-hybridized carbons (Fsp3) is 0.700. The molecule has 5 heteroatoms. The molecule has 1 amide bonds. The molecule has 0 radical (unpaired) electrons. The van der Waals surface area contributed by atoms with Crippen LogP contribution >= 0.6 is 0 Å². The number of carbonyl (C=O) groups is 1. The normalized spacial score (nSPS) is 38.6. The number of hydrogen-bond acceptors (Lipinski definition) is 4. The number of pyridine rings is 1. The van der Waals surface area contributed by atoms with E-state index in [1.165, 1.54) is 6.42 Å². The lowest BCUT2D eigenvalue weighted by Gasteiger charge is -2.64. The molecule has 4 saturated carbocycles. The van der Waals surface area contributed by atoms with Crippen molar-refractivity contribution in [3.05, 3.63) is 24.5 Å². The van der Waals surface area contributed by atoms with Crippen LogP contribution in [0.4, 0.5) is 5.69 Å². The van der Waals surface area contributed by atoms with Crippen molar-refractivity contribution in [1.82, 2.24) is 10.3 Å². The third-order valence-electron chi connectivity index (χ3n) is 6.79. The number of hydrogen-bond donors (Lipinski definition) is 3. The van der Waals surface area contributed by atoms with Crippen molar-refractivity contribution in [3.8, 4) is 0 Å². The van der Waals surface area contributed by atoms with E-state index in [1.54, 1.807) is 12.4 Å². The molecule has 1 aromatic heterocycles. The van der Waals surface area contributed by atoms with Crippen LogP contribution in [0.3, 0.4) is 0 Å². The molecule has 0 unspecified atom stereocenters. The van der Waals surface area contributed by atoms with E-state index in [-0.39, 0.29) is 16.7 Å². The van der Waals surface area contributed by atoms with Crippen molar-refractivity contribution >= 4 is 11.6 Å². The smallest absolute Gasteiger partial charge is 0.226 e. The minimum atomic E-state index is -0.610. The van der Waals surface area contributed by atoms with Crippen molar-refractivity contribution < 1.29 is 9.90 Å². The molecule has 0 aliphatic heterocycles. The highest BCUT2D eigenvalue weighted by Gasteiger charge is 2.64. The first-order valence-corrected chi connectivity index (χ1v) is 9.61. The Labute approximate surface area is 149 Å². The Hall–Kier alpha value is -1.62. The summed E-state index contributed by atoms with van der Waals surface area (Å²) in [6, 6.07) is 3.86. The molecule has 136 valence electrons. The van der Waals surface area contributed by atoms with Crippen molar-refractivity contribution in [2.45, 2.75) is 57.5 Å². The number of nitrogens with zero attached hydrogens (tertiary/aromatic N) is 1. The Morgan fingerprint density at radius 2 is 2.16 bits per heavy atom. The third-order valence-corrected chi connectivity index (χ3v) is 6.79. The Kier molecular flexibility index (Phi) is 4.02. The third kappa shape index (κ3) is 3.03. The first-order chi connectivity index (χ1) is 12.0. The first kappa shape index (κ1) is 16.8. The summed E-state index contributed by atoms with van der Waals surface area (Å²) in [6.45, 7) is 3.50. The van der Waals surface area contributed by atoms with Gasteiger partial charge in [-0.25, -0.2) is 0 Å². The highest BCUT2D eigenvalue weighted by molar-refractivity contribution is 5.83. The van der Waals surface area contributed by atoms with Crippen LogP contribution < -0.4 is 10.6 Å². The van der Waals surface area contributed by atoms with Gasteiger partial charge in [0.05, 0.1) is 16.7 Å². The summed E-state index contributed by atoms with van der Waals surface area (Å²) < 4.78 is 0. The Morgan fingerprint density at radius 3 is 2.88 bits per heavy atom. The molecule has 25 heavy (non-hydrogen) atoms. The number of amides is 1. The number of rotatable bonds is 6. The minimum Gasteiger partial charge on any atom is -0.390 e. The zero-order chi connectivity index (χ0) is 17.5. The maximum Gasteiger partial charge on any atom is 0.226 e. The molecule has 4 bridgehead atoms. The maximum atomic E-state index is 13.0. The molecule has 4 atom stereocenters. The van der Waals surface area contributed by atoms with E-state index >= 15 is 0 Å². The second-order valence-corrected chi connectivity index (χ2v) is 8.79. The summed E-state index contributed by atoms with van der Waals surface area (Å²) in [7, 11) is 0. The summed E-state index contributed by atoms with van der Waals surface area (Å²) in [4.78, 5) is 17.1. The second-order valence-electron chi connectivity index (χ2n) is 8.79. The fourth-order valence-corrected chi connectivity index (χ4v) is 6.27. The average molecular weight is 343 g/mol. The van der Waals surface area contributed by atoms with E-state index in [4.69, 9.17) is 0 Å². The SMILES string of the molecule is CC[C@]12C[C@@H]3C[C@@](O)(C1)C[C@@](C(=O)NCCNc1cccnc1)(C3)C2. The van der Waals surface area contributed by atoms with Crippen LogP contribution in [0.2, 0.25) is 0 Å². The molecule has 1 aromatic rings. The number of nitrogens with one attached hydrogen (secondary N) is 2. The standard InChI is InChI=1S/C20H29N3O2/c1-2-18-8-15-9-19(12-18,14-20(25,10-15)13-18)17(24)23-7-6-22-16-4-3-5-21-11-16/h3-5,11,15,22,25H,2,6-10,12-14H2,1H3,(H,23,24)/t15-,18+,19+,20+/m0/s1. The fourth-order valence-electron chi connectivity index (χ4n) is 6.27. The molecule has 5 rings (SSSR count). The van der Waals surface area contributed by atoms with Crippen LogP contribution in [0.15, 0.2) is 24.5 Å². The summed E-state index contributed by atoms with van der Waals surface area (Å²) >= 11 is 0. The number of anilines is 1. The van der Waals surface area contributed by atoms with Crippen molar-refractivity contribution in [2.24, 2.45) is 16.7 Å². The van der Waals surface area contributed by atoms with Gasteiger partial charge in [-0.3, -0.25) is 9.78 Å². The van der Waals surface area contributed by atoms with E-state index in [0.717, 1.165) is 37.8 Å². The molecular weight excluding hydrogens is 314 g/mol. The molecule has 0 aromatic carbocycles. The van der Waals surface area contributed by atoms with Crippen LogP contribution in [0, 0.1) is 16.7 Å². The van der Waals surface area contributed by atoms with E-state index in [2.05, 4.69) is 22.5 Å². The highest BCUT2D eigenvalue weighted by atomic mass is 16.3. The number of aromatic nitrogens is 1. The Morgan fingerprint density at radius 1 is 1.28 bits per heavy atom. The zero-order valence-corrected chi connectivity index (χ0v) is 15.1. The van der Waals surface area contributed by atoms with Crippen LogP contribution in [-0.4, -0.2) is 34.7 Å². The van der Waals surface area contributed by atoms with Crippen molar-refractivity contribution in [3.63, 3.8) is 0 Å². The van der Waals surface area contributed by atoms with Crippen molar-refractivity contribution in [1.29, 1.82) is 0 Å². The van der Waals surface area contributed by atoms with Gasteiger partial charge in [-0.05, 0) is 62.0 Å². The minimum absolute atomic E-state index is 0.154. The molecule has 0 saturated heterocycles. The monoisotopic (exact) mass is 343 g/mol. The van der Waals surface area contributed by atoms with Gasteiger partial charge in [0, 0.05) is 25.5 Å². The van der Waals surface area contributed by atoms with Crippen LogP contribution in [0.5, 0.6) is 0 Å². The molecule has 3 N–H and O–H groups in total. The molecule has 0 spiro atoms. The lowest BCUT2D eigenvalue weighted by Crippen LogP contribution is -2.63. The van der Waals surface area contributed by atoms with Crippen LogP contribution in [0.1, 0.15) is 51.9 Å². The van der Waals surface area contributed by atoms with E-state index < -0.39 is 5.60 Å². The van der Waals surface area contributed by atoms with E-state index in [0.29, 0.717) is 25.4 Å². The van der Waals surface area contributed by atoms with Crippen LogP contribution in [0.25, 0.3) is 0 Å². The van der Waals surface area contributed by atoms with Gasteiger partial charge < -0.3 is 15.7 Å². The van der Waals surface area contributed by atoms with Gasteiger partial charge in [0.15, 0.2) is 0 Å². The van der Waals surface area contributed by atoms with Gasteiger partial charge in [-0.15, -0.1) is 0 Å². The van der Waals surface area contributed by atoms with Gasteiger partial charge >= 0.3 is 0 Å². The Balaban J connectivity index is 1.38. The molecule has 4 aliphatic rings. The van der Waals surface area contributed by atoms with Gasteiger partial charge in [-0.1, -0.05) is 13.3 Å². The lowest BCUT2D eigenvalue weighted by atomic mass is 9.42. The average Bonchev–Trinajstić information content (AvgIpc) is 2.57. The van der Waals surface area contributed by atoms with Gasteiger partial charge in [-0.2, -0.15) is 0 Å². The topological polar surface area (TPSA) is 74.2 Å². The predicted molar refractivity (Wildman–Crippen MR) is 97.0 cm³/mol. The largest absolute Gasteiger partial charge is 0.390 e. The van der Waals surface area contributed by atoms with Gasteiger partial charge in [0.2, 0.25) is 5.91 Å². The molecule has 5 nitrogen and oxygen atoms in total. The molecule has 4 fully saturated rings. The first-order valence-electron chi connectivity index (χ1n) is 9.61. The van der Waals surface area contributed by atoms with E-state index in [1.807, 2.05) is 12.1 Å². The van der Waals surface area contributed by atoms with Gasteiger partial charge in [0.1, 0.15) is 0 Å². The summed E-state index contributed by atoms with van der Waals surface area (Å²) in [5, 5.41) is 17.4.